The number of rotatable bonds is 2. The summed E-state index contributed by atoms with van der Waals surface area (Å²) in [7, 11) is 0. The van der Waals surface area contributed by atoms with Gasteiger partial charge in [0.05, 0.1) is 11.3 Å². The Labute approximate surface area is 77.9 Å². The standard InChI is InChI=1S/C8H6BrNO2/c1-5(8(11)12)7-3-2-6(9)4-10-7/h2-4H,1H2,(H,11,12). The van der Waals surface area contributed by atoms with Gasteiger partial charge in [-0.25, -0.2) is 4.79 Å². The Kier molecular flexibility index (Phi) is 2.60. The van der Waals surface area contributed by atoms with Gasteiger partial charge in [0.25, 0.3) is 0 Å². The number of carboxylic acids is 1. The number of nitrogens with zero attached hydrogens (tertiary/aromatic N) is 1. The van der Waals surface area contributed by atoms with Crippen molar-refractivity contribution in [3.63, 3.8) is 0 Å². The first kappa shape index (κ1) is 8.93. The fourth-order valence-electron chi connectivity index (χ4n) is 0.664. The van der Waals surface area contributed by atoms with E-state index in [9.17, 15) is 4.79 Å². The van der Waals surface area contributed by atoms with Gasteiger partial charge in [0.1, 0.15) is 0 Å². The summed E-state index contributed by atoms with van der Waals surface area (Å²) >= 11 is 3.19. The lowest BCUT2D eigenvalue weighted by atomic mass is 10.2. The van der Waals surface area contributed by atoms with E-state index in [4.69, 9.17) is 5.11 Å². The molecule has 0 bridgehead atoms. The molecule has 0 aliphatic carbocycles. The van der Waals surface area contributed by atoms with Crippen LogP contribution in [0.25, 0.3) is 5.57 Å². The minimum atomic E-state index is -1.05. The zero-order valence-corrected chi connectivity index (χ0v) is 7.71. The Morgan fingerprint density at radius 1 is 1.58 bits per heavy atom. The van der Waals surface area contributed by atoms with E-state index in [0.717, 1.165) is 4.47 Å². The summed E-state index contributed by atoms with van der Waals surface area (Å²) in [6.07, 6.45) is 1.53. The van der Waals surface area contributed by atoms with Crippen molar-refractivity contribution in [1.82, 2.24) is 4.98 Å². The van der Waals surface area contributed by atoms with Gasteiger partial charge < -0.3 is 5.11 Å². The van der Waals surface area contributed by atoms with Gasteiger partial charge in [0, 0.05) is 10.7 Å². The van der Waals surface area contributed by atoms with E-state index in [1.807, 2.05) is 0 Å². The van der Waals surface area contributed by atoms with Crippen molar-refractivity contribution in [2.45, 2.75) is 0 Å². The van der Waals surface area contributed by atoms with Crippen LogP contribution in [0.1, 0.15) is 5.69 Å². The highest BCUT2D eigenvalue weighted by Crippen LogP contribution is 2.12. The predicted octanol–water partition coefficient (Wildman–Crippen LogP) is 1.94. The molecule has 1 heterocycles. The minimum absolute atomic E-state index is 0.00231. The largest absolute Gasteiger partial charge is 0.478 e. The van der Waals surface area contributed by atoms with Gasteiger partial charge >= 0.3 is 5.97 Å². The fourth-order valence-corrected chi connectivity index (χ4v) is 0.898. The molecule has 0 aliphatic heterocycles. The first-order valence-corrected chi connectivity index (χ1v) is 3.94. The summed E-state index contributed by atoms with van der Waals surface area (Å²) in [6.45, 7) is 3.38. The maximum Gasteiger partial charge on any atom is 0.337 e. The van der Waals surface area contributed by atoms with Crippen LogP contribution in [0.5, 0.6) is 0 Å². The van der Waals surface area contributed by atoms with Crippen molar-refractivity contribution in [3.8, 4) is 0 Å². The van der Waals surface area contributed by atoms with E-state index in [2.05, 4.69) is 27.5 Å². The molecule has 0 spiro atoms. The highest BCUT2D eigenvalue weighted by molar-refractivity contribution is 9.10. The normalized spacial score (nSPS) is 9.42. The maximum absolute atomic E-state index is 10.4. The SMILES string of the molecule is C=C(C(=O)O)c1ccc(Br)cn1. The Bertz CT molecular complexity index is 318. The molecule has 62 valence electrons. The fraction of sp³-hybridized carbons (Fsp3) is 0. The molecule has 1 aromatic rings. The molecular formula is C8H6BrNO2. The second-order valence-electron chi connectivity index (χ2n) is 2.15. The van der Waals surface area contributed by atoms with E-state index in [1.54, 1.807) is 12.1 Å². The minimum Gasteiger partial charge on any atom is -0.478 e. The van der Waals surface area contributed by atoms with Crippen molar-refractivity contribution in [2.75, 3.05) is 0 Å². The van der Waals surface area contributed by atoms with E-state index in [-0.39, 0.29) is 5.57 Å². The second-order valence-corrected chi connectivity index (χ2v) is 3.06. The summed E-state index contributed by atoms with van der Waals surface area (Å²) in [5.41, 5.74) is 0.383. The molecule has 12 heavy (non-hydrogen) atoms. The van der Waals surface area contributed by atoms with Crippen LogP contribution in [0.4, 0.5) is 0 Å². The van der Waals surface area contributed by atoms with Gasteiger partial charge in [-0.3, -0.25) is 4.98 Å². The third-order valence-electron chi connectivity index (χ3n) is 1.29. The Morgan fingerprint density at radius 2 is 2.25 bits per heavy atom. The van der Waals surface area contributed by atoms with Gasteiger partial charge in [-0.2, -0.15) is 0 Å². The topological polar surface area (TPSA) is 50.2 Å². The van der Waals surface area contributed by atoms with Gasteiger partial charge in [-0.1, -0.05) is 6.58 Å². The van der Waals surface area contributed by atoms with E-state index >= 15 is 0 Å². The summed E-state index contributed by atoms with van der Waals surface area (Å²) in [5.74, 6) is -1.05. The van der Waals surface area contributed by atoms with Crippen LogP contribution < -0.4 is 0 Å². The van der Waals surface area contributed by atoms with Crippen LogP contribution >= 0.6 is 15.9 Å². The van der Waals surface area contributed by atoms with Crippen molar-refractivity contribution in [1.29, 1.82) is 0 Å². The van der Waals surface area contributed by atoms with E-state index in [0.29, 0.717) is 5.69 Å². The number of aromatic nitrogens is 1. The molecule has 0 amide bonds. The first-order valence-electron chi connectivity index (χ1n) is 3.15. The average molecular weight is 228 g/mol. The molecule has 0 unspecified atom stereocenters. The van der Waals surface area contributed by atoms with Gasteiger partial charge in [0.15, 0.2) is 0 Å². The quantitative estimate of drug-likeness (QED) is 0.787. The number of hydrogen-bond donors (Lipinski definition) is 1. The van der Waals surface area contributed by atoms with Crippen LogP contribution in [0.2, 0.25) is 0 Å². The van der Waals surface area contributed by atoms with Crippen LogP contribution in [0.15, 0.2) is 29.4 Å². The third kappa shape index (κ3) is 1.92. The van der Waals surface area contributed by atoms with Gasteiger partial charge in [-0.05, 0) is 28.1 Å². The second kappa shape index (κ2) is 3.49. The van der Waals surface area contributed by atoms with Gasteiger partial charge in [-0.15, -0.1) is 0 Å². The lowest BCUT2D eigenvalue weighted by Crippen LogP contribution is -1.99. The molecule has 1 rings (SSSR count). The van der Waals surface area contributed by atoms with Crippen molar-refractivity contribution in [2.24, 2.45) is 0 Å². The Balaban J connectivity index is 2.98. The van der Waals surface area contributed by atoms with Crippen LogP contribution in [-0.4, -0.2) is 16.1 Å². The summed E-state index contributed by atoms with van der Waals surface area (Å²) < 4.78 is 0.810. The first-order chi connectivity index (χ1) is 5.61. The maximum atomic E-state index is 10.4. The molecule has 0 radical (unpaired) electrons. The molecular weight excluding hydrogens is 222 g/mol. The zero-order chi connectivity index (χ0) is 9.14. The molecule has 0 saturated carbocycles. The number of carboxylic acid groups (broad SMARTS) is 1. The highest BCUT2D eigenvalue weighted by atomic mass is 79.9. The van der Waals surface area contributed by atoms with Crippen molar-refractivity contribution >= 4 is 27.5 Å². The van der Waals surface area contributed by atoms with Gasteiger partial charge in [0.2, 0.25) is 0 Å². The summed E-state index contributed by atoms with van der Waals surface area (Å²) in [6, 6.07) is 3.32. The zero-order valence-electron chi connectivity index (χ0n) is 6.12. The van der Waals surface area contributed by atoms with E-state index in [1.165, 1.54) is 6.20 Å². The summed E-state index contributed by atoms with van der Waals surface area (Å²) in [5, 5.41) is 8.55. The number of halogens is 1. The van der Waals surface area contributed by atoms with Crippen LogP contribution in [-0.2, 0) is 4.79 Å². The molecule has 0 saturated heterocycles. The molecule has 1 aromatic heterocycles. The van der Waals surface area contributed by atoms with Crippen LogP contribution in [0, 0.1) is 0 Å². The number of pyridine rings is 1. The molecule has 0 atom stereocenters. The number of carbonyl (C=O) groups is 1. The monoisotopic (exact) mass is 227 g/mol. The molecule has 0 aliphatic rings. The van der Waals surface area contributed by atoms with E-state index < -0.39 is 5.97 Å². The average Bonchev–Trinajstić information content (AvgIpc) is 2.04. The van der Waals surface area contributed by atoms with Crippen molar-refractivity contribution < 1.29 is 9.90 Å². The predicted molar refractivity (Wildman–Crippen MR) is 48.6 cm³/mol. The molecule has 0 fully saturated rings. The summed E-state index contributed by atoms with van der Waals surface area (Å²) in [4.78, 5) is 14.3. The highest BCUT2D eigenvalue weighted by Gasteiger charge is 2.07. The van der Waals surface area contributed by atoms with Crippen molar-refractivity contribution in [3.05, 3.63) is 35.1 Å². The third-order valence-corrected chi connectivity index (χ3v) is 1.76. The molecule has 1 N–H and O–H groups in total. The molecule has 4 heteroatoms. The number of aliphatic carboxylic acids is 1. The van der Waals surface area contributed by atoms with Crippen LogP contribution in [0.3, 0.4) is 0 Å². The number of hydrogen-bond acceptors (Lipinski definition) is 2. The molecule has 0 aromatic carbocycles. The lowest BCUT2D eigenvalue weighted by Gasteiger charge is -1.97. The Hall–Kier alpha value is -1.16. The molecule has 3 nitrogen and oxygen atoms in total. The lowest BCUT2D eigenvalue weighted by molar-refractivity contribution is -0.130. The Morgan fingerprint density at radius 3 is 2.67 bits per heavy atom. The smallest absolute Gasteiger partial charge is 0.337 e.